The number of amides is 1. The second-order valence-electron chi connectivity index (χ2n) is 5.69. The first kappa shape index (κ1) is 22.6. The van der Waals surface area contributed by atoms with Crippen molar-refractivity contribution in [3.05, 3.63) is 50.6 Å². The van der Waals surface area contributed by atoms with Gasteiger partial charge in [0.15, 0.2) is 6.61 Å². The zero-order valence-corrected chi connectivity index (χ0v) is 18.0. The van der Waals surface area contributed by atoms with E-state index in [1.165, 1.54) is 34.4 Å². The highest BCUT2D eigenvalue weighted by Crippen LogP contribution is 2.28. The first-order chi connectivity index (χ1) is 13.2. The smallest absolute Gasteiger partial charge is 0.307 e. The van der Waals surface area contributed by atoms with Gasteiger partial charge in [-0.2, -0.15) is 0 Å². The summed E-state index contributed by atoms with van der Waals surface area (Å²) in [5.41, 5.74) is 0. The average molecular weight is 465 g/mol. The van der Waals surface area contributed by atoms with Gasteiger partial charge in [0.05, 0.1) is 23.0 Å². The predicted molar refractivity (Wildman–Crippen MR) is 108 cm³/mol. The molecule has 152 valence electrons. The fraction of sp³-hybridized carbons (Fsp3) is 0.294. The van der Waals surface area contributed by atoms with Crippen molar-refractivity contribution < 1.29 is 22.7 Å². The normalized spacial score (nSPS) is 11.2. The molecule has 1 N–H and O–H groups in total. The third-order valence-corrected chi connectivity index (χ3v) is 6.84. The predicted octanol–water partition coefficient (Wildman–Crippen LogP) is 2.93. The van der Waals surface area contributed by atoms with Gasteiger partial charge in [-0.25, -0.2) is 13.1 Å². The van der Waals surface area contributed by atoms with Crippen LogP contribution in [0.15, 0.2) is 40.6 Å². The Balaban J connectivity index is 1.77. The first-order valence-electron chi connectivity index (χ1n) is 8.06. The van der Waals surface area contributed by atoms with Crippen LogP contribution in [0, 0.1) is 0 Å². The largest absolute Gasteiger partial charge is 0.456 e. The molecule has 0 unspecified atom stereocenters. The van der Waals surface area contributed by atoms with E-state index in [2.05, 4.69) is 4.72 Å². The van der Waals surface area contributed by atoms with E-state index in [1.807, 2.05) is 17.5 Å². The number of sulfonamides is 1. The molecule has 0 saturated heterocycles. The Kier molecular flexibility index (Phi) is 8.26. The molecular weight excluding hydrogens is 447 g/mol. The van der Waals surface area contributed by atoms with Crippen LogP contribution in [0.3, 0.4) is 0 Å². The summed E-state index contributed by atoms with van der Waals surface area (Å²) in [5, 5.41) is 1.86. The lowest BCUT2D eigenvalue weighted by molar-refractivity contribution is -0.151. The van der Waals surface area contributed by atoms with Crippen molar-refractivity contribution in [2.24, 2.45) is 0 Å². The molecule has 1 heterocycles. The number of likely N-dealkylation sites (N-methyl/N-ethyl adjacent to an activating group) is 1. The molecule has 1 aromatic heterocycles. The van der Waals surface area contributed by atoms with Gasteiger partial charge in [0.25, 0.3) is 5.91 Å². The van der Waals surface area contributed by atoms with Gasteiger partial charge >= 0.3 is 5.97 Å². The molecule has 28 heavy (non-hydrogen) atoms. The molecule has 0 fully saturated rings. The van der Waals surface area contributed by atoms with Crippen molar-refractivity contribution >= 4 is 56.4 Å². The van der Waals surface area contributed by atoms with E-state index in [-0.39, 0.29) is 33.8 Å². The van der Waals surface area contributed by atoms with Crippen LogP contribution in [0.5, 0.6) is 0 Å². The number of hydrogen-bond donors (Lipinski definition) is 1. The summed E-state index contributed by atoms with van der Waals surface area (Å²) in [6.07, 6.45) is -0.247. The SMILES string of the molecule is CN(Cc1cccs1)C(=O)COC(=O)CCNS(=O)(=O)c1c(Cl)cccc1Cl. The summed E-state index contributed by atoms with van der Waals surface area (Å²) >= 11 is 13.3. The molecule has 1 aromatic carbocycles. The minimum absolute atomic E-state index is 0.0260. The van der Waals surface area contributed by atoms with Crippen LogP contribution in [0.4, 0.5) is 0 Å². The Hall–Kier alpha value is -1.65. The lowest BCUT2D eigenvalue weighted by Crippen LogP contribution is -2.31. The first-order valence-corrected chi connectivity index (χ1v) is 11.2. The molecule has 0 aliphatic carbocycles. The third-order valence-electron chi connectivity index (χ3n) is 3.56. The molecular formula is C17H18Cl2N2O5S2. The van der Waals surface area contributed by atoms with Crippen LogP contribution >= 0.6 is 34.5 Å². The lowest BCUT2D eigenvalue weighted by atomic mass is 10.4. The number of ether oxygens (including phenoxy) is 1. The van der Waals surface area contributed by atoms with Gasteiger partial charge in [0.1, 0.15) is 4.90 Å². The van der Waals surface area contributed by atoms with E-state index < -0.39 is 22.6 Å². The highest BCUT2D eigenvalue weighted by molar-refractivity contribution is 7.89. The molecule has 2 rings (SSSR count). The molecule has 0 aliphatic rings. The number of esters is 1. The molecule has 0 radical (unpaired) electrons. The van der Waals surface area contributed by atoms with Gasteiger partial charge in [-0.1, -0.05) is 35.3 Å². The van der Waals surface area contributed by atoms with Gasteiger partial charge in [-0.05, 0) is 23.6 Å². The molecule has 11 heteroatoms. The fourth-order valence-electron chi connectivity index (χ4n) is 2.15. The van der Waals surface area contributed by atoms with Crippen molar-refractivity contribution in [3.8, 4) is 0 Å². The second kappa shape index (κ2) is 10.2. The molecule has 1 amide bonds. The summed E-state index contributed by atoms with van der Waals surface area (Å²) in [4.78, 5) is 25.9. The highest BCUT2D eigenvalue weighted by Gasteiger charge is 2.21. The molecule has 0 atom stereocenters. The Morgan fingerprint density at radius 2 is 1.86 bits per heavy atom. The number of carbonyl (C=O) groups is 2. The summed E-state index contributed by atoms with van der Waals surface area (Å²) < 4.78 is 31.7. The average Bonchev–Trinajstić information content (AvgIpc) is 3.12. The van der Waals surface area contributed by atoms with Gasteiger partial charge in [0, 0.05) is 18.5 Å². The topological polar surface area (TPSA) is 92.8 Å². The number of nitrogens with one attached hydrogen (secondary N) is 1. The third kappa shape index (κ3) is 6.46. The maximum atomic E-state index is 12.3. The van der Waals surface area contributed by atoms with Crippen LogP contribution in [0.2, 0.25) is 10.0 Å². The van der Waals surface area contributed by atoms with E-state index in [4.69, 9.17) is 27.9 Å². The van der Waals surface area contributed by atoms with Crippen LogP contribution in [-0.4, -0.2) is 45.4 Å². The minimum Gasteiger partial charge on any atom is -0.456 e. The summed E-state index contributed by atoms with van der Waals surface area (Å²) in [5.74, 6) is -1.06. The number of thiophene rings is 1. The number of carbonyl (C=O) groups excluding carboxylic acids is 2. The number of hydrogen-bond acceptors (Lipinski definition) is 6. The number of nitrogens with zero attached hydrogens (tertiary/aromatic N) is 1. The van der Waals surface area contributed by atoms with Gasteiger partial charge in [0.2, 0.25) is 10.0 Å². The Morgan fingerprint density at radius 3 is 2.46 bits per heavy atom. The van der Waals surface area contributed by atoms with Crippen molar-refractivity contribution in [3.63, 3.8) is 0 Å². The van der Waals surface area contributed by atoms with E-state index in [1.54, 1.807) is 7.05 Å². The monoisotopic (exact) mass is 464 g/mol. The van der Waals surface area contributed by atoms with E-state index in [9.17, 15) is 18.0 Å². The molecule has 7 nitrogen and oxygen atoms in total. The van der Waals surface area contributed by atoms with Crippen molar-refractivity contribution in [1.82, 2.24) is 9.62 Å². The number of halogens is 2. The van der Waals surface area contributed by atoms with Crippen LogP contribution in [0.25, 0.3) is 0 Å². The highest BCUT2D eigenvalue weighted by atomic mass is 35.5. The van der Waals surface area contributed by atoms with Crippen LogP contribution in [-0.2, 0) is 30.9 Å². The second-order valence-corrected chi connectivity index (χ2v) is 9.24. The summed E-state index contributed by atoms with van der Waals surface area (Å²) in [6.45, 7) is -0.210. The maximum Gasteiger partial charge on any atom is 0.307 e. The van der Waals surface area contributed by atoms with Crippen LogP contribution < -0.4 is 4.72 Å². The Bertz CT molecular complexity index is 913. The molecule has 0 aliphatic heterocycles. The van der Waals surface area contributed by atoms with E-state index in [0.717, 1.165) is 4.88 Å². The zero-order chi connectivity index (χ0) is 20.7. The van der Waals surface area contributed by atoms with Gasteiger partial charge < -0.3 is 9.64 Å². The quantitative estimate of drug-likeness (QED) is 0.575. The zero-order valence-electron chi connectivity index (χ0n) is 14.9. The molecule has 0 spiro atoms. The number of benzene rings is 1. The summed E-state index contributed by atoms with van der Waals surface area (Å²) in [7, 11) is -2.38. The minimum atomic E-state index is -3.99. The Morgan fingerprint density at radius 1 is 1.18 bits per heavy atom. The lowest BCUT2D eigenvalue weighted by Gasteiger charge is -2.16. The van der Waals surface area contributed by atoms with Crippen molar-refractivity contribution in [2.75, 3.05) is 20.2 Å². The fourth-order valence-corrected chi connectivity index (χ4v) is 5.08. The van der Waals surface area contributed by atoms with Gasteiger partial charge in [-0.15, -0.1) is 11.3 Å². The van der Waals surface area contributed by atoms with Crippen molar-refractivity contribution in [2.45, 2.75) is 17.9 Å². The van der Waals surface area contributed by atoms with Crippen molar-refractivity contribution in [1.29, 1.82) is 0 Å². The summed E-state index contributed by atoms with van der Waals surface area (Å²) in [6, 6.07) is 8.10. The Labute approximate surface area is 177 Å². The number of rotatable bonds is 9. The molecule has 0 bridgehead atoms. The standard InChI is InChI=1S/C17H18Cl2N2O5S2/c1-21(10-12-4-3-9-27-12)15(22)11-26-16(23)7-8-20-28(24,25)17-13(18)5-2-6-14(17)19/h2-6,9,20H,7-8,10-11H2,1H3. The van der Waals surface area contributed by atoms with Crippen LogP contribution in [0.1, 0.15) is 11.3 Å². The maximum absolute atomic E-state index is 12.3. The molecule has 2 aromatic rings. The van der Waals surface area contributed by atoms with E-state index >= 15 is 0 Å². The molecule has 0 saturated carbocycles. The van der Waals surface area contributed by atoms with E-state index in [0.29, 0.717) is 6.54 Å². The van der Waals surface area contributed by atoms with Gasteiger partial charge in [-0.3, -0.25) is 9.59 Å².